The SMILES string of the molecule is CCOc1ccc(C2/C(=C(\O)c3cc(C(C)(C)C)ccc3OC)C(=O)C(=O)N2c2ccc(OCC)cc2)cc1. The van der Waals surface area contributed by atoms with Crippen LogP contribution in [-0.4, -0.2) is 37.1 Å². The third-order valence-corrected chi connectivity index (χ3v) is 6.70. The topological polar surface area (TPSA) is 85.3 Å². The molecule has 0 saturated carbocycles. The van der Waals surface area contributed by atoms with E-state index in [1.807, 2.05) is 26.0 Å². The number of rotatable bonds is 8. The maximum atomic E-state index is 13.6. The Bertz CT molecular complexity index is 1380. The summed E-state index contributed by atoms with van der Waals surface area (Å²) >= 11 is 0. The number of amides is 1. The highest BCUT2D eigenvalue weighted by Crippen LogP contribution is 2.44. The van der Waals surface area contributed by atoms with Crippen molar-refractivity contribution in [1.82, 2.24) is 0 Å². The molecule has 1 amide bonds. The average Bonchev–Trinajstić information content (AvgIpc) is 3.18. The van der Waals surface area contributed by atoms with Gasteiger partial charge in [0, 0.05) is 5.69 Å². The predicted octanol–water partition coefficient (Wildman–Crippen LogP) is 6.42. The van der Waals surface area contributed by atoms with Gasteiger partial charge in [0.1, 0.15) is 23.0 Å². The Hall–Kier alpha value is -4.26. The van der Waals surface area contributed by atoms with Crippen molar-refractivity contribution in [3.63, 3.8) is 0 Å². The molecule has 7 heteroatoms. The summed E-state index contributed by atoms with van der Waals surface area (Å²) in [7, 11) is 1.51. The second-order valence-electron chi connectivity index (χ2n) is 10.3. The molecule has 0 bridgehead atoms. The Kier molecular flexibility index (Phi) is 8.00. The first-order valence-corrected chi connectivity index (χ1v) is 13.1. The first-order valence-electron chi connectivity index (χ1n) is 13.1. The van der Waals surface area contributed by atoms with Crippen molar-refractivity contribution in [2.24, 2.45) is 0 Å². The fourth-order valence-corrected chi connectivity index (χ4v) is 4.70. The molecule has 0 aliphatic carbocycles. The van der Waals surface area contributed by atoms with Crippen LogP contribution in [0.3, 0.4) is 0 Å². The fourth-order valence-electron chi connectivity index (χ4n) is 4.70. The highest BCUT2D eigenvalue weighted by atomic mass is 16.5. The number of nitrogens with zero attached hydrogens (tertiary/aromatic N) is 1. The molecule has 3 aromatic rings. The van der Waals surface area contributed by atoms with Crippen LogP contribution in [0.1, 0.15) is 57.4 Å². The lowest BCUT2D eigenvalue weighted by Gasteiger charge is -2.26. The minimum atomic E-state index is -0.874. The van der Waals surface area contributed by atoms with E-state index in [4.69, 9.17) is 14.2 Å². The van der Waals surface area contributed by atoms with Gasteiger partial charge in [-0.2, -0.15) is 0 Å². The third kappa shape index (κ3) is 5.48. The molecule has 1 fully saturated rings. The van der Waals surface area contributed by atoms with Gasteiger partial charge in [-0.25, -0.2) is 0 Å². The number of hydrogen-bond donors (Lipinski definition) is 1. The Labute approximate surface area is 229 Å². The van der Waals surface area contributed by atoms with E-state index in [0.29, 0.717) is 47.3 Å². The molecule has 0 radical (unpaired) electrons. The number of Topliss-reactive ketones (excluding diaryl/α,β-unsaturated/α-hetero) is 1. The molecule has 1 atom stereocenters. The molecule has 1 heterocycles. The number of carbonyl (C=O) groups excluding carboxylic acids is 2. The molecule has 204 valence electrons. The highest BCUT2D eigenvalue weighted by Gasteiger charge is 2.47. The smallest absolute Gasteiger partial charge is 0.300 e. The summed E-state index contributed by atoms with van der Waals surface area (Å²) in [6, 6.07) is 18.8. The molecule has 0 spiro atoms. The lowest BCUT2D eigenvalue weighted by atomic mass is 9.85. The van der Waals surface area contributed by atoms with Gasteiger partial charge in [0.05, 0.1) is 37.5 Å². The second-order valence-corrected chi connectivity index (χ2v) is 10.3. The summed E-state index contributed by atoms with van der Waals surface area (Å²) < 4.78 is 16.7. The van der Waals surface area contributed by atoms with Crippen molar-refractivity contribution >= 4 is 23.1 Å². The van der Waals surface area contributed by atoms with Gasteiger partial charge in [0.15, 0.2) is 0 Å². The van der Waals surface area contributed by atoms with E-state index in [2.05, 4.69) is 20.8 Å². The highest BCUT2D eigenvalue weighted by molar-refractivity contribution is 6.51. The van der Waals surface area contributed by atoms with Crippen molar-refractivity contribution in [1.29, 1.82) is 0 Å². The monoisotopic (exact) mass is 529 g/mol. The molecule has 3 aromatic carbocycles. The maximum Gasteiger partial charge on any atom is 0.300 e. The van der Waals surface area contributed by atoms with E-state index in [9.17, 15) is 14.7 Å². The van der Waals surface area contributed by atoms with Crippen LogP contribution in [0.25, 0.3) is 5.76 Å². The molecule has 1 N–H and O–H groups in total. The molecule has 1 unspecified atom stereocenters. The van der Waals surface area contributed by atoms with E-state index < -0.39 is 17.7 Å². The van der Waals surface area contributed by atoms with Crippen LogP contribution in [0.2, 0.25) is 0 Å². The van der Waals surface area contributed by atoms with Crippen LogP contribution in [0, 0.1) is 0 Å². The van der Waals surface area contributed by atoms with Gasteiger partial charge in [-0.15, -0.1) is 0 Å². The maximum absolute atomic E-state index is 13.6. The quantitative estimate of drug-likeness (QED) is 0.206. The van der Waals surface area contributed by atoms with Gasteiger partial charge in [-0.3, -0.25) is 14.5 Å². The molecular formula is C32H35NO6. The number of ketones is 1. The molecule has 1 saturated heterocycles. The molecule has 39 heavy (non-hydrogen) atoms. The summed E-state index contributed by atoms with van der Waals surface area (Å²) in [6.07, 6.45) is 0. The van der Waals surface area contributed by atoms with E-state index in [-0.39, 0.29) is 16.7 Å². The zero-order chi connectivity index (χ0) is 28.3. The van der Waals surface area contributed by atoms with Crippen LogP contribution in [0.4, 0.5) is 5.69 Å². The Morgan fingerprint density at radius 3 is 1.95 bits per heavy atom. The van der Waals surface area contributed by atoms with Gasteiger partial charge in [0.25, 0.3) is 11.7 Å². The van der Waals surface area contributed by atoms with E-state index in [1.54, 1.807) is 54.6 Å². The van der Waals surface area contributed by atoms with Crippen molar-refractivity contribution < 1.29 is 28.9 Å². The number of hydrogen-bond acceptors (Lipinski definition) is 6. The van der Waals surface area contributed by atoms with Gasteiger partial charge in [-0.1, -0.05) is 39.0 Å². The molecule has 0 aromatic heterocycles. The van der Waals surface area contributed by atoms with Crippen molar-refractivity contribution in [3.8, 4) is 17.2 Å². The van der Waals surface area contributed by atoms with E-state index in [0.717, 1.165) is 5.56 Å². The summed E-state index contributed by atoms with van der Waals surface area (Å²) in [5.74, 6) is -0.0751. The number of methoxy groups -OCH3 is 1. The van der Waals surface area contributed by atoms with Crippen molar-refractivity contribution in [3.05, 3.63) is 89.0 Å². The minimum Gasteiger partial charge on any atom is -0.507 e. The number of ether oxygens (including phenoxy) is 3. The largest absolute Gasteiger partial charge is 0.507 e. The van der Waals surface area contributed by atoms with Crippen LogP contribution in [-0.2, 0) is 15.0 Å². The molecule has 4 rings (SSSR count). The normalized spacial score (nSPS) is 16.9. The summed E-state index contributed by atoms with van der Waals surface area (Å²) in [4.78, 5) is 28.6. The molecule has 1 aliphatic rings. The van der Waals surface area contributed by atoms with Crippen LogP contribution < -0.4 is 19.1 Å². The summed E-state index contributed by atoms with van der Waals surface area (Å²) in [6.45, 7) is 11.0. The predicted molar refractivity (Wildman–Crippen MR) is 152 cm³/mol. The zero-order valence-electron chi connectivity index (χ0n) is 23.3. The Balaban J connectivity index is 1.93. The number of carbonyl (C=O) groups is 2. The number of aliphatic hydroxyl groups is 1. The minimum absolute atomic E-state index is 0.0117. The van der Waals surface area contributed by atoms with Crippen LogP contribution in [0.15, 0.2) is 72.3 Å². The Morgan fingerprint density at radius 1 is 0.872 bits per heavy atom. The van der Waals surface area contributed by atoms with Crippen molar-refractivity contribution in [2.75, 3.05) is 25.2 Å². The van der Waals surface area contributed by atoms with Crippen LogP contribution in [0.5, 0.6) is 17.2 Å². The number of aliphatic hydroxyl groups excluding tert-OH is 1. The second kappa shape index (κ2) is 11.2. The van der Waals surface area contributed by atoms with E-state index in [1.165, 1.54) is 12.0 Å². The lowest BCUT2D eigenvalue weighted by molar-refractivity contribution is -0.132. The van der Waals surface area contributed by atoms with Gasteiger partial charge >= 0.3 is 0 Å². The average molecular weight is 530 g/mol. The fraction of sp³-hybridized carbons (Fsp3) is 0.312. The van der Waals surface area contributed by atoms with E-state index >= 15 is 0 Å². The molecule has 1 aliphatic heterocycles. The zero-order valence-corrected chi connectivity index (χ0v) is 23.3. The molecular weight excluding hydrogens is 494 g/mol. The van der Waals surface area contributed by atoms with Gasteiger partial charge in [0.2, 0.25) is 0 Å². The third-order valence-electron chi connectivity index (χ3n) is 6.70. The van der Waals surface area contributed by atoms with Crippen LogP contribution >= 0.6 is 0 Å². The van der Waals surface area contributed by atoms with Gasteiger partial charge in [-0.05, 0) is 78.9 Å². The first kappa shape index (κ1) is 27.8. The first-order chi connectivity index (χ1) is 18.6. The number of benzene rings is 3. The lowest BCUT2D eigenvalue weighted by Crippen LogP contribution is -2.29. The summed E-state index contributed by atoms with van der Waals surface area (Å²) in [5, 5.41) is 11.7. The van der Waals surface area contributed by atoms with Crippen molar-refractivity contribution in [2.45, 2.75) is 46.1 Å². The standard InChI is InChI=1S/C32H35NO6/c1-7-38-23-14-9-20(10-15-23)28-27(29(34)25-19-21(32(3,4)5)11-18-26(25)37-6)30(35)31(36)33(28)22-12-16-24(17-13-22)39-8-2/h9-19,28,34H,7-8H2,1-6H3/b29-27+. The van der Waals surface area contributed by atoms with Gasteiger partial charge < -0.3 is 19.3 Å². The molecule has 7 nitrogen and oxygen atoms in total. The number of anilines is 1. The Morgan fingerprint density at radius 2 is 1.44 bits per heavy atom. The summed E-state index contributed by atoms with van der Waals surface area (Å²) in [5.41, 5.74) is 2.23.